The summed E-state index contributed by atoms with van der Waals surface area (Å²) < 4.78 is 4.82. The molecule has 3 heterocycles. The monoisotopic (exact) mass is 429 g/mol. The number of carbonyl (C=O) groups excluding carboxylic acids is 3. The predicted octanol–water partition coefficient (Wildman–Crippen LogP) is 2.80. The summed E-state index contributed by atoms with van der Waals surface area (Å²) in [6, 6.07) is 14.4. The Morgan fingerprint density at radius 3 is 2.53 bits per heavy atom. The molecule has 6 rings (SSSR count). The summed E-state index contributed by atoms with van der Waals surface area (Å²) in [6.07, 6.45) is 2.45. The van der Waals surface area contributed by atoms with Crippen LogP contribution in [0.25, 0.3) is 10.9 Å². The Labute approximate surface area is 184 Å². The second-order valence-electron chi connectivity index (χ2n) is 8.80. The number of ether oxygens (including phenoxy) is 1. The van der Waals surface area contributed by atoms with Gasteiger partial charge in [0.1, 0.15) is 12.6 Å². The van der Waals surface area contributed by atoms with E-state index in [1.807, 2.05) is 30.3 Å². The molecule has 3 aromatic rings. The van der Waals surface area contributed by atoms with Crippen LogP contribution in [0.4, 0.5) is 0 Å². The van der Waals surface area contributed by atoms with E-state index in [1.165, 1.54) is 7.11 Å². The number of nitrogens with one attached hydrogen (secondary N) is 1. The molecule has 162 valence electrons. The summed E-state index contributed by atoms with van der Waals surface area (Å²) in [6.45, 7) is 0.131. The molecule has 1 saturated heterocycles. The molecule has 2 atom stereocenters. The molecule has 1 N–H and O–H groups in total. The molecular weight excluding hydrogens is 406 g/mol. The van der Waals surface area contributed by atoms with Gasteiger partial charge in [-0.25, -0.2) is 4.79 Å². The number of rotatable bonds is 3. The van der Waals surface area contributed by atoms with Gasteiger partial charge < -0.3 is 19.5 Å². The number of methoxy groups -OCH3 is 1. The van der Waals surface area contributed by atoms with Crippen molar-refractivity contribution in [2.45, 2.75) is 37.4 Å². The number of aromatic nitrogens is 1. The lowest BCUT2D eigenvalue weighted by Crippen LogP contribution is -2.63. The fraction of sp³-hybridized carbons (Fsp3) is 0.320. The van der Waals surface area contributed by atoms with Crippen molar-refractivity contribution >= 4 is 28.7 Å². The molecule has 0 radical (unpaired) electrons. The molecule has 0 spiro atoms. The molecule has 0 unspecified atom stereocenters. The van der Waals surface area contributed by atoms with E-state index in [0.717, 1.165) is 40.6 Å². The highest BCUT2D eigenvalue weighted by Gasteiger charge is 2.50. The van der Waals surface area contributed by atoms with Gasteiger partial charge in [-0.1, -0.05) is 30.3 Å². The molecule has 32 heavy (non-hydrogen) atoms. The van der Waals surface area contributed by atoms with E-state index in [1.54, 1.807) is 21.9 Å². The normalized spacial score (nSPS) is 22.7. The third kappa shape index (κ3) is 2.77. The van der Waals surface area contributed by atoms with E-state index < -0.39 is 18.1 Å². The third-order valence-corrected chi connectivity index (χ3v) is 6.93. The maximum atomic E-state index is 13.5. The summed E-state index contributed by atoms with van der Waals surface area (Å²) >= 11 is 0. The number of fused-ring (bicyclic) bond motifs is 4. The van der Waals surface area contributed by atoms with Crippen LogP contribution in [0.2, 0.25) is 0 Å². The van der Waals surface area contributed by atoms with Crippen molar-refractivity contribution in [3.8, 4) is 0 Å². The largest absolute Gasteiger partial charge is 0.465 e. The number of H-pyrrole nitrogens is 1. The van der Waals surface area contributed by atoms with Crippen LogP contribution in [0.15, 0.2) is 48.5 Å². The van der Waals surface area contributed by atoms with E-state index in [-0.39, 0.29) is 24.4 Å². The number of esters is 1. The van der Waals surface area contributed by atoms with E-state index in [0.29, 0.717) is 12.0 Å². The van der Waals surface area contributed by atoms with E-state index in [4.69, 9.17) is 4.74 Å². The zero-order chi connectivity index (χ0) is 22.0. The summed E-state index contributed by atoms with van der Waals surface area (Å²) in [5.41, 5.74) is 4.32. The van der Waals surface area contributed by atoms with E-state index in [9.17, 15) is 14.4 Å². The first-order valence-electron chi connectivity index (χ1n) is 11.0. The van der Waals surface area contributed by atoms with Gasteiger partial charge in [-0.3, -0.25) is 9.59 Å². The molecule has 1 aromatic heterocycles. The predicted molar refractivity (Wildman–Crippen MR) is 117 cm³/mol. The number of hydrogen-bond donors (Lipinski definition) is 1. The Morgan fingerprint density at radius 2 is 1.81 bits per heavy atom. The van der Waals surface area contributed by atoms with Crippen molar-refractivity contribution < 1.29 is 19.1 Å². The number of hydrogen-bond acceptors (Lipinski definition) is 4. The van der Waals surface area contributed by atoms with Crippen LogP contribution >= 0.6 is 0 Å². The molecule has 0 bridgehead atoms. The highest BCUT2D eigenvalue weighted by atomic mass is 16.5. The Hall–Kier alpha value is -3.61. The summed E-state index contributed by atoms with van der Waals surface area (Å²) in [4.78, 5) is 45.8. The summed E-state index contributed by atoms with van der Waals surface area (Å²) in [7, 11) is 1.35. The van der Waals surface area contributed by atoms with Gasteiger partial charge in [0.05, 0.1) is 18.7 Å². The first-order chi connectivity index (χ1) is 15.6. The fourth-order valence-corrected chi connectivity index (χ4v) is 5.25. The zero-order valence-electron chi connectivity index (χ0n) is 17.7. The van der Waals surface area contributed by atoms with Crippen molar-refractivity contribution in [3.63, 3.8) is 0 Å². The Balaban J connectivity index is 1.50. The molecular formula is C25H23N3O4. The van der Waals surface area contributed by atoms with Crippen molar-refractivity contribution in [1.82, 2.24) is 14.8 Å². The quantitative estimate of drug-likeness (QED) is 0.649. The van der Waals surface area contributed by atoms with Crippen LogP contribution in [-0.4, -0.2) is 58.3 Å². The van der Waals surface area contributed by atoms with Gasteiger partial charge in [-0.05, 0) is 42.2 Å². The molecule has 2 fully saturated rings. The highest BCUT2D eigenvalue weighted by Crippen LogP contribution is 2.43. The summed E-state index contributed by atoms with van der Waals surface area (Å²) in [5, 5.41) is 1.09. The first-order valence-corrected chi connectivity index (χ1v) is 11.0. The number of para-hydroxylation sites is 1. The SMILES string of the molecule is COC(=O)c1ccc([C@@H]2c3[nH]c4ccccc4c3C[C@H]3C(=O)N(C4CC4)CC(=O)N23)cc1. The second kappa shape index (κ2) is 6.95. The number of nitrogens with zero attached hydrogens (tertiary/aromatic N) is 2. The van der Waals surface area contributed by atoms with Gasteiger partial charge in [0.2, 0.25) is 11.8 Å². The third-order valence-electron chi connectivity index (χ3n) is 6.93. The maximum Gasteiger partial charge on any atom is 0.337 e. The van der Waals surface area contributed by atoms with Crippen LogP contribution in [0, 0.1) is 0 Å². The number of carbonyl (C=O) groups is 3. The molecule has 2 amide bonds. The number of piperazine rings is 1. The minimum atomic E-state index is -0.520. The lowest BCUT2D eigenvalue weighted by atomic mass is 9.86. The van der Waals surface area contributed by atoms with Crippen LogP contribution in [-0.2, 0) is 20.7 Å². The molecule has 2 aliphatic heterocycles. The lowest BCUT2D eigenvalue weighted by Gasteiger charge is -2.47. The molecule has 7 heteroatoms. The average molecular weight is 429 g/mol. The molecule has 7 nitrogen and oxygen atoms in total. The number of benzene rings is 2. The maximum absolute atomic E-state index is 13.5. The van der Waals surface area contributed by atoms with Crippen LogP contribution in [0.1, 0.15) is 46.1 Å². The van der Waals surface area contributed by atoms with Crippen molar-refractivity contribution in [3.05, 3.63) is 70.9 Å². The van der Waals surface area contributed by atoms with Gasteiger partial charge in [0.25, 0.3) is 0 Å². The smallest absolute Gasteiger partial charge is 0.337 e. The van der Waals surface area contributed by atoms with Gasteiger partial charge in [0.15, 0.2) is 0 Å². The van der Waals surface area contributed by atoms with Crippen LogP contribution in [0.5, 0.6) is 0 Å². The van der Waals surface area contributed by atoms with Crippen LogP contribution in [0.3, 0.4) is 0 Å². The number of amides is 2. The first kappa shape index (κ1) is 19.1. The second-order valence-corrected chi connectivity index (χ2v) is 8.80. The molecule has 2 aromatic carbocycles. The van der Waals surface area contributed by atoms with Crippen LogP contribution < -0.4 is 0 Å². The minimum absolute atomic E-state index is 0.0344. The van der Waals surface area contributed by atoms with E-state index >= 15 is 0 Å². The van der Waals surface area contributed by atoms with Crippen molar-refractivity contribution in [2.24, 2.45) is 0 Å². The Morgan fingerprint density at radius 1 is 1.06 bits per heavy atom. The highest BCUT2D eigenvalue weighted by molar-refractivity contribution is 5.98. The van der Waals surface area contributed by atoms with Gasteiger partial charge >= 0.3 is 5.97 Å². The Bertz CT molecular complexity index is 1260. The molecule has 3 aliphatic rings. The van der Waals surface area contributed by atoms with Gasteiger partial charge in [0, 0.05) is 29.1 Å². The summed E-state index contributed by atoms with van der Waals surface area (Å²) in [5.74, 6) is -0.402. The van der Waals surface area contributed by atoms with E-state index in [2.05, 4.69) is 11.1 Å². The molecule has 1 aliphatic carbocycles. The van der Waals surface area contributed by atoms with Crippen molar-refractivity contribution in [2.75, 3.05) is 13.7 Å². The topological polar surface area (TPSA) is 82.7 Å². The van der Waals surface area contributed by atoms with Crippen molar-refractivity contribution in [1.29, 1.82) is 0 Å². The standard InChI is InChI=1S/C25H23N3O4/c1-32-25(31)15-8-6-14(7-9-15)23-22-18(17-4-2-3-5-19(17)26-22)12-20-24(30)27(16-10-11-16)13-21(29)28(20)23/h2-9,16,20,23,26H,10-13H2,1H3/t20-,23+/m0/s1. The number of aromatic amines is 1. The minimum Gasteiger partial charge on any atom is -0.465 e. The molecule has 1 saturated carbocycles. The zero-order valence-corrected chi connectivity index (χ0v) is 17.7. The van der Waals surface area contributed by atoms with Gasteiger partial charge in [-0.15, -0.1) is 0 Å². The lowest BCUT2D eigenvalue weighted by molar-refractivity contribution is -0.159. The Kier molecular flexibility index (Phi) is 4.15. The average Bonchev–Trinajstić information content (AvgIpc) is 3.60. The van der Waals surface area contributed by atoms with Gasteiger partial charge in [-0.2, -0.15) is 0 Å². The fourth-order valence-electron chi connectivity index (χ4n) is 5.25.